The Kier molecular flexibility index (Phi) is 6.37. The number of carbonyl (C=O) groups excluding carboxylic acids is 3. The second kappa shape index (κ2) is 9.13. The van der Waals surface area contributed by atoms with E-state index < -0.39 is 23.8 Å². The van der Waals surface area contributed by atoms with E-state index >= 15 is 0 Å². The van der Waals surface area contributed by atoms with Gasteiger partial charge in [-0.2, -0.15) is 5.26 Å². The number of nitrogens with zero attached hydrogens (tertiary/aromatic N) is 1. The van der Waals surface area contributed by atoms with Gasteiger partial charge in [0.2, 0.25) is 5.78 Å². The summed E-state index contributed by atoms with van der Waals surface area (Å²) in [4.78, 5) is 34.2. The summed E-state index contributed by atoms with van der Waals surface area (Å²) >= 11 is 0. The van der Waals surface area contributed by atoms with Gasteiger partial charge in [-0.3, -0.25) is 9.59 Å². The first-order valence-corrected chi connectivity index (χ1v) is 9.28. The minimum Gasteiger partial charge on any atom is -0.449 e. The van der Waals surface area contributed by atoms with E-state index in [1.165, 1.54) is 6.07 Å². The van der Waals surface area contributed by atoms with Gasteiger partial charge >= 0.3 is 6.09 Å². The third-order valence-electron chi connectivity index (χ3n) is 4.90. The van der Waals surface area contributed by atoms with Crippen LogP contribution in [0.5, 0.6) is 0 Å². The zero-order chi connectivity index (χ0) is 20.8. The zero-order valence-corrected chi connectivity index (χ0v) is 15.6. The van der Waals surface area contributed by atoms with Gasteiger partial charge in [-0.1, -0.05) is 48.5 Å². The van der Waals surface area contributed by atoms with Crippen LogP contribution in [-0.2, 0) is 14.3 Å². The Balaban J connectivity index is 1.48. The number of rotatable bonds is 8. The number of alkyl carbamates (subject to hydrolysis) is 1. The Morgan fingerprint density at radius 2 is 1.66 bits per heavy atom. The fourth-order valence-corrected chi connectivity index (χ4v) is 3.47. The molecule has 2 aromatic rings. The molecular formula is C22H20N2O5. The number of carbonyl (C=O) groups is 3. The van der Waals surface area contributed by atoms with Crippen molar-refractivity contribution in [1.29, 1.82) is 5.26 Å². The number of nitriles is 1. The van der Waals surface area contributed by atoms with Crippen molar-refractivity contribution in [2.75, 3.05) is 13.2 Å². The Hall–Kier alpha value is -3.50. The Bertz CT molecular complexity index is 934. The molecule has 0 aromatic heterocycles. The summed E-state index contributed by atoms with van der Waals surface area (Å²) in [7, 11) is 0. The second-order valence-corrected chi connectivity index (χ2v) is 6.72. The third kappa shape index (κ3) is 4.50. The molecule has 0 spiro atoms. The van der Waals surface area contributed by atoms with Crippen LogP contribution in [0.15, 0.2) is 48.5 Å². The molecule has 0 bridgehead atoms. The van der Waals surface area contributed by atoms with Crippen LogP contribution in [0.3, 0.4) is 0 Å². The second-order valence-electron chi connectivity index (χ2n) is 6.72. The maximum Gasteiger partial charge on any atom is 0.407 e. The number of hydrogen-bond donors (Lipinski definition) is 2. The van der Waals surface area contributed by atoms with Crippen molar-refractivity contribution < 1.29 is 24.2 Å². The third-order valence-corrected chi connectivity index (χ3v) is 4.90. The largest absolute Gasteiger partial charge is 0.449 e. The van der Waals surface area contributed by atoms with Gasteiger partial charge in [0.25, 0.3) is 5.78 Å². The van der Waals surface area contributed by atoms with E-state index in [0.29, 0.717) is 0 Å². The van der Waals surface area contributed by atoms with E-state index in [-0.39, 0.29) is 31.9 Å². The number of ketones is 2. The molecule has 7 nitrogen and oxygen atoms in total. The average Bonchev–Trinajstić information content (AvgIpc) is 3.07. The molecule has 1 unspecified atom stereocenters. The summed E-state index contributed by atoms with van der Waals surface area (Å²) in [5.74, 6) is -2.44. The van der Waals surface area contributed by atoms with E-state index in [1.807, 2.05) is 36.4 Å². The topological polar surface area (TPSA) is 116 Å². The molecular weight excluding hydrogens is 372 g/mol. The van der Waals surface area contributed by atoms with E-state index in [4.69, 9.17) is 10.00 Å². The van der Waals surface area contributed by atoms with Gasteiger partial charge in [0.15, 0.2) is 0 Å². The van der Waals surface area contributed by atoms with Crippen molar-refractivity contribution in [2.45, 2.75) is 24.9 Å². The summed E-state index contributed by atoms with van der Waals surface area (Å²) in [6.45, 7) is 0.361. The highest BCUT2D eigenvalue weighted by Crippen LogP contribution is 2.44. The average molecular weight is 392 g/mol. The normalized spacial score (nSPS) is 13.0. The molecule has 1 amide bonds. The number of nitrogens with one attached hydrogen (secondary N) is 1. The molecule has 0 saturated heterocycles. The van der Waals surface area contributed by atoms with Crippen molar-refractivity contribution in [1.82, 2.24) is 5.32 Å². The fourth-order valence-electron chi connectivity index (χ4n) is 3.47. The van der Waals surface area contributed by atoms with E-state index in [9.17, 15) is 19.5 Å². The molecule has 0 saturated carbocycles. The summed E-state index contributed by atoms with van der Waals surface area (Å²) in [5.41, 5.74) is 4.51. The van der Waals surface area contributed by atoms with Crippen LogP contribution in [0.1, 0.15) is 29.9 Å². The van der Waals surface area contributed by atoms with Crippen LogP contribution < -0.4 is 5.32 Å². The molecule has 148 valence electrons. The number of aliphatic hydroxyl groups excluding tert-OH is 1. The lowest BCUT2D eigenvalue weighted by Gasteiger charge is -2.14. The lowest BCUT2D eigenvalue weighted by atomic mass is 9.98. The highest BCUT2D eigenvalue weighted by molar-refractivity contribution is 6.44. The van der Waals surface area contributed by atoms with Crippen molar-refractivity contribution in [3.05, 3.63) is 59.7 Å². The van der Waals surface area contributed by atoms with Crippen molar-refractivity contribution in [2.24, 2.45) is 0 Å². The molecule has 1 aliphatic carbocycles. The standard InChI is InChI=1S/C22H20N2O5/c23-12-20(26)21(27)19(25)10-5-11-24-22(28)29-13-18-16-8-3-1-6-14(16)15-7-2-4-9-17(15)18/h1-4,6-9,18-19,25H,5,10-11,13H2,(H,24,28). The van der Waals surface area contributed by atoms with Gasteiger partial charge in [0.05, 0.1) is 0 Å². The SMILES string of the molecule is N#CC(=O)C(=O)C(O)CCCNC(=O)OCC1c2ccccc2-c2ccccc21. The molecule has 0 aliphatic heterocycles. The van der Waals surface area contributed by atoms with E-state index in [0.717, 1.165) is 22.3 Å². The number of aliphatic hydroxyl groups is 1. The van der Waals surface area contributed by atoms with E-state index in [2.05, 4.69) is 17.4 Å². The quantitative estimate of drug-likeness (QED) is 0.405. The molecule has 2 aromatic carbocycles. The molecule has 0 radical (unpaired) electrons. The monoisotopic (exact) mass is 392 g/mol. The van der Waals surface area contributed by atoms with Crippen LogP contribution in [0, 0.1) is 11.3 Å². The van der Waals surface area contributed by atoms with Crippen LogP contribution in [-0.4, -0.2) is 42.0 Å². The van der Waals surface area contributed by atoms with Crippen LogP contribution in [0.2, 0.25) is 0 Å². The first-order valence-electron chi connectivity index (χ1n) is 9.28. The van der Waals surface area contributed by atoms with Gasteiger partial charge in [-0.05, 0) is 35.1 Å². The lowest BCUT2D eigenvalue weighted by Crippen LogP contribution is -2.30. The Morgan fingerprint density at radius 3 is 2.24 bits per heavy atom. The van der Waals surface area contributed by atoms with Gasteiger partial charge in [-0.25, -0.2) is 4.79 Å². The highest BCUT2D eigenvalue weighted by atomic mass is 16.5. The maximum absolute atomic E-state index is 12.0. The minimum atomic E-state index is -1.54. The lowest BCUT2D eigenvalue weighted by molar-refractivity contribution is -0.138. The van der Waals surface area contributed by atoms with Gasteiger partial charge in [0, 0.05) is 12.5 Å². The maximum atomic E-state index is 12.0. The first kappa shape index (κ1) is 20.2. The van der Waals surface area contributed by atoms with Crippen LogP contribution in [0.25, 0.3) is 11.1 Å². The summed E-state index contributed by atoms with van der Waals surface area (Å²) in [6.07, 6.45) is -1.90. The number of ether oxygens (including phenoxy) is 1. The highest BCUT2D eigenvalue weighted by Gasteiger charge is 2.29. The smallest absolute Gasteiger partial charge is 0.407 e. The van der Waals surface area contributed by atoms with Gasteiger partial charge in [0.1, 0.15) is 18.8 Å². The fraction of sp³-hybridized carbons (Fsp3) is 0.273. The predicted molar refractivity (Wildman–Crippen MR) is 104 cm³/mol. The number of amides is 1. The van der Waals surface area contributed by atoms with Crippen molar-refractivity contribution in [3.63, 3.8) is 0 Å². The van der Waals surface area contributed by atoms with Crippen LogP contribution in [0.4, 0.5) is 4.79 Å². The minimum absolute atomic E-state index is 0.0318. The Morgan fingerprint density at radius 1 is 1.07 bits per heavy atom. The van der Waals surface area contributed by atoms with Gasteiger partial charge < -0.3 is 15.2 Å². The predicted octanol–water partition coefficient (Wildman–Crippen LogP) is 2.33. The first-order chi connectivity index (χ1) is 14.0. The molecule has 7 heteroatoms. The van der Waals surface area contributed by atoms with Gasteiger partial charge in [-0.15, -0.1) is 0 Å². The molecule has 0 heterocycles. The zero-order valence-electron chi connectivity index (χ0n) is 15.6. The molecule has 3 rings (SSSR count). The number of benzene rings is 2. The molecule has 2 N–H and O–H groups in total. The van der Waals surface area contributed by atoms with Crippen molar-refractivity contribution >= 4 is 17.7 Å². The summed E-state index contributed by atoms with van der Waals surface area (Å²) in [6, 6.07) is 17.2. The number of fused-ring (bicyclic) bond motifs is 3. The Labute approximate surface area is 167 Å². The summed E-state index contributed by atoms with van der Waals surface area (Å²) < 4.78 is 5.37. The molecule has 1 atom stereocenters. The van der Waals surface area contributed by atoms with Crippen LogP contribution >= 0.6 is 0 Å². The summed E-state index contributed by atoms with van der Waals surface area (Å²) in [5, 5.41) is 20.5. The van der Waals surface area contributed by atoms with E-state index in [1.54, 1.807) is 0 Å². The molecule has 29 heavy (non-hydrogen) atoms. The number of Topliss-reactive ketones (excluding diaryl/α,β-unsaturated/α-hetero) is 2. The van der Waals surface area contributed by atoms with Crippen molar-refractivity contribution in [3.8, 4) is 17.2 Å². The molecule has 1 aliphatic rings. The molecule has 0 fully saturated rings. The number of hydrogen-bond acceptors (Lipinski definition) is 6.